The number of oxazole rings is 1. The average Bonchev–Trinajstić information content (AvgIpc) is 3.25. The van der Waals surface area contributed by atoms with Crippen molar-refractivity contribution in [3.8, 4) is 0 Å². The van der Waals surface area contributed by atoms with E-state index in [2.05, 4.69) is 24.0 Å². The Morgan fingerprint density at radius 2 is 2.07 bits per heavy atom. The fourth-order valence-electron chi connectivity index (χ4n) is 3.69. The summed E-state index contributed by atoms with van der Waals surface area (Å²) in [5.41, 5.74) is 2.70. The lowest BCUT2D eigenvalue weighted by molar-refractivity contribution is -0.677. The van der Waals surface area contributed by atoms with Crippen molar-refractivity contribution in [2.45, 2.75) is 19.9 Å². The number of rotatable bonds is 6. The normalized spacial score (nSPS) is 16.1. The van der Waals surface area contributed by atoms with E-state index < -0.39 is 15.9 Å². The minimum absolute atomic E-state index is 0.234. The minimum atomic E-state index is -4.25. The van der Waals surface area contributed by atoms with Gasteiger partial charge in [0, 0.05) is 31.0 Å². The Bertz CT molecular complexity index is 1190. The molecule has 0 unspecified atom stereocenters. The minimum Gasteiger partial charge on any atom is -0.748 e. The number of allylic oxidation sites excluding steroid dienone is 1. The van der Waals surface area contributed by atoms with Crippen molar-refractivity contribution in [1.82, 2.24) is 4.90 Å². The molecule has 4 rings (SSSR count). The van der Waals surface area contributed by atoms with Crippen molar-refractivity contribution in [2.75, 3.05) is 18.8 Å². The molecule has 1 aliphatic rings. The molecule has 2 heterocycles. The summed E-state index contributed by atoms with van der Waals surface area (Å²) in [6.07, 6.45) is 6.37. The molecular weight excluding hydrogens is 376 g/mol. The molecule has 28 heavy (non-hydrogen) atoms. The summed E-state index contributed by atoms with van der Waals surface area (Å²) in [4.78, 5) is 2.22. The third kappa shape index (κ3) is 3.68. The number of likely N-dealkylation sites (N-methyl/N-ethyl adjacent to an activating group) is 1. The standard InChI is InChI=1S/C21H22N2O4S/c1-2-22-12-5-8-17(22)15-20-23(13-6-14-28(24,25)26)21-18-9-4-3-7-16(18)10-11-19(21)27-20/h3-5,7-11,15H,2,6,12-14H2,1H3. The molecule has 0 spiro atoms. The van der Waals surface area contributed by atoms with Gasteiger partial charge in [0.15, 0.2) is 6.54 Å². The first-order chi connectivity index (χ1) is 13.5. The summed E-state index contributed by atoms with van der Waals surface area (Å²) in [6.45, 7) is 4.23. The predicted octanol–water partition coefficient (Wildman–Crippen LogP) is 3.04. The fraction of sp³-hybridized carbons (Fsp3) is 0.286. The number of benzene rings is 2. The van der Waals surface area contributed by atoms with Crippen LogP contribution >= 0.6 is 0 Å². The number of fused-ring (bicyclic) bond motifs is 3. The quantitative estimate of drug-likeness (QED) is 0.471. The molecule has 0 amide bonds. The molecule has 2 aromatic carbocycles. The van der Waals surface area contributed by atoms with Gasteiger partial charge in [-0.15, -0.1) is 0 Å². The predicted molar refractivity (Wildman–Crippen MR) is 107 cm³/mol. The third-order valence-electron chi connectivity index (χ3n) is 5.02. The van der Waals surface area contributed by atoms with Crippen LogP contribution < -0.4 is 4.57 Å². The van der Waals surface area contributed by atoms with Crippen LogP contribution in [0.4, 0.5) is 0 Å². The van der Waals surface area contributed by atoms with E-state index in [9.17, 15) is 13.0 Å². The van der Waals surface area contributed by atoms with Crippen LogP contribution in [0.2, 0.25) is 0 Å². The summed E-state index contributed by atoms with van der Waals surface area (Å²) in [6, 6.07) is 12.0. The maximum atomic E-state index is 11.1. The van der Waals surface area contributed by atoms with Crippen LogP contribution in [0, 0.1) is 0 Å². The molecule has 1 aliphatic heterocycles. The van der Waals surface area contributed by atoms with Gasteiger partial charge >= 0.3 is 5.89 Å². The lowest BCUT2D eigenvalue weighted by Crippen LogP contribution is -2.36. The van der Waals surface area contributed by atoms with E-state index >= 15 is 0 Å². The molecule has 0 N–H and O–H groups in total. The zero-order valence-electron chi connectivity index (χ0n) is 15.7. The second-order valence-corrected chi connectivity index (χ2v) is 8.37. The van der Waals surface area contributed by atoms with E-state index in [0.717, 1.165) is 40.7 Å². The van der Waals surface area contributed by atoms with Crippen LogP contribution in [0.1, 0.15) is 19.2 Å². The SMILES string of the molecule is CCN1CC=CC1=Cc1oc2ccc3ccccc3c2[n+]1CCCS(=O)(=O)[O-]. The van der Waals surface area contributed by atoms with Crippen molar-refractivity contribution in [3.05, 3.63) is 60.1 Å². The highest BCUT2D eigenvalue weighted by Crippen LogP contribution is 2.26. The molecule has 0 aliphatic carbocycles. The second kappa shape index (κ2) is 7.41. The first kappa shape index (κ1) is 18.7. The number of nitrogens with zero attached hydrogens (tertiary/aromatic N) is 2. The molecular formula is C21H22N2O4S. The van der Waals surface area contributed by atoms with E-state index in [1.54, 1.807) is 0 Å². The molecule has 0 saturated heterocycles. The highest BCUT2D eigenvalue weighted by Gasteiger charge is 2.25. The molecule has 0 atom stereocenters. The molecule has 7 heteroatoms. The zero-order chi connectivity index (χ0) is 19.7. The van der Waals surface area contributed by atoms with Crippen molar-refractivity contribution >= 4 is 38.1 Å². The molecule has 6 nitrogen and oxygen atoms in total. The van der Waals surface area contributed by atoms with Crippen LogP contribution in [0.15, 0.2) is 58.7 Å². The number of hydrogen-bond donors (Lipinski definition) is 0. The van der Waals surface area contributed by atoms with Gasteiger partial charge < -0.3 is 13.9 Å². The lowest BCUT2D eigenvalue weighted by atomic mass is 10.1. The van der Waals surface area contributed by atoms with Gasteiger partial charge in [-0.25, -0.2) is 8.42 Å². The first-order valence-electron chi connectivity index (χ1n) is 9.37. The van der Waals surface area contributed by atoms with Gasteiger partial charge in [-0.3, -0.25) is 0 Å². The molecule has 0 fully saturated rings. The Hall–Kier alpha value is -2.64. The van der Waals surface area contributed by atoms with Gasteiger partial charge in [-0.05, 0) is 30.5 Å². The molecule has 3 aromatic rings. The van der Waals surface area contributed by atoms with Crippen LogP contribution in [-0.2, 0) is 16.7 Å². The van der Waals surface area contributed by atoms with Crippen LogP contribution in [0.25, 0.3) is 27.9 Å². The van der Waals surface area contributed by atoms with Crippen molar-refractivity contribution in [2.24, 2.45) is 0 Å². The van der Waals surface area contributed by atoms with Crippen LogP contribution in [-0.4, -0.2) is 36.7 Å². The number of aryl methyl sites for hydroxylation is 1. The van der Waals surface area contributed by atoms with Gasteiger partial charge in [0.25, 0.3) is 5.52 Å². The van der Waals surface area contributed by atoms with Crippen molar-refractivity contribution in [3.63, 3.8) is 0 Å². The van der Waals surface area contributed by atoms with E-state index in [1.807, 2.05) is 47.0 Å². The van der Waals surface area contributed by atoms with E-state index in [4.69, 9.17) is 4.42 Å². The van der Waals surface area contributed by atoms with Gasteiger partial charge in [-0.2, -0.15) is 4.57 Å². The topological polar surface area (TPSA) is 77.5 Å². The van der Waals surface area contributed by atoms with Gasteiger partial charge in [0.1, 0.15) is 0 Å². The Morgan fingerprint density at radius 3 is 2.86 bits per heavy atom. The maximum Gasteiger partial charge on any atom is 0.376 e. The first-order valence-corrected chi connectivity index (χ1v) is 10.9. The van der Waals surface area contributed by atoms with Crippen molar-refractivity contribution < 1.29 is 22.0 Å². The van der Waals surface area contributed by atoms with Gasteiger partial charge in [-0.1, -0.05) is 30.3 Å². The van der Waals surface area contributed by atoms with E-state index in [-0.39, 0.29) is 6.42 Å². The third-order valence-corrected chi connectivity index (χ3v) is 5.81. The molecule has 146 valence electrons. The maximum absolute atomic E-state index is 11.1. The smallest absolute Gasteiger partial charge is 0.376 e. The Labute approximate surface area is 164 Å². The van der Waals surface area contributed by atoms with Gasteiger partial charge in [0.05, 0.1) is 21.6 Å². The Balaban J connectivity index is 1.86. The summed E-state index contributed by atoms with van der Waals surface area (Å²) in [7, 11) is -4.25. The summed E-state index contributed by atoms with van der Waals surface area (Å²) in [5, 5.41) is 2.11. The molecule has 0 bridgehead atoms. The molecule has 0 saturated carbocycles. The van der Waals surface area contributed by atoms with E-state index in [0.29, 0.717) is 12.4 Å². The summed E-state index contributed by atoms with van der Waals surface area (Å²) < 4.78 is 41.3. The highest BCUT2D eigenvalue weighted by molar-refractivity contribution is 7.85. The number of hydrogen-bond acceptors (Lipinski definition) is 5. The molecule has 0 radical (unpaired) electrons. The second-order valence-electron chi connectivity index (χ2n) is 6.85. The van der Waals surface area contributed by atoms with Gasteiger partial charge in [0.2, 0.25) is 5.58 Å². The Morgan fingerprint density at radius 1 is 1.25 bits per heavy atom. The average molecular weight is 398 g/mol. The monoisotopic (exact) mass is 398 g/mol. The van der Waals surface area contributed by atoms with Crippen LogP contribution in [0.5, 0.6) is 0 Å². The lowest BCUT2D eigenvalue weighted by Gasteiger charge is -2.16. The Kier molecular flexibility index (Phi) is 4.95. The summed E-state index contributed by atoms with van der Waals surface area (Å²) >= 11 is 0. The highest BCUT2D eigenvalue weighted by atomic mass is 32.2. The fourth-order valence-corrected chi connectivity index (χ4v) is 4.17. The van der Waals surface area contributed by atoms with E-state index in [1.165, 1.54) is 0 Å². The largest absolute Gasteiger partial charge is 0.748 e. The van der Waals surface area contributed by atoms with Crippen molar-refractivity contribution in [1.29, 1.82) is 0 Å². The van der Waals surface area contributed by atoms with Crippen LogP contribution in [0.3, 0.4) is 0 Å². The zero-order valence-corrected chi connectivity index (χ0v) is 16.5. The summed E-state index contributed by atoms with van der Waals surface area (Å²) in [5.74, 6) is 0.253. The number of aromatic nitrogens is 1. The molecule has 1 aromatic heterocycles.